The molecule has 0 bridgehead atoms. The first kappa shape index (κ1) is 12.9. The van der Waals surface area contributed by atoms with E-state index in [-0.39, 0.29) is 0 Å². The largest absolute Gasteiger partial charge is 0.381 e. The summed E-state index contributed by atoms with van der Waals surface area (Å²) in [5.74, 6) is 0. The second-order valence-electron chi connectivity index (χ2n) is 4.99. The van der Waals surface area contributed by atoms with Gasteiger partial charge in [-0.15, -0.1) is 0 Å². The summed E-state index contributed by atoms with van der Waals surface area (Å²) < 4.78 is 5.57. The highest BCUT2D eigenvalue weighted by atomic mass is 16.5. The third-order valence-electron chi connectivity index (χ3n) is 3.41. The van der Waals surface area contributed by atoms with Crippen molar-refractivity contribution in [3.05, 3.63) is 0 Å². The zero-order chi connectivity index (χ0) is 11.3. The average molecular weight is 214 g/mol. The molecule has 1 heterocycles. The predicted octanol–water partition coefficient (Wildman–Crippen LogP) is 1.34. The fourth-order valence-corrected chi connectivity index (χ4v) is 2.43. The van der Waals surface area contributed by atoms with Gasteiger partial charge in [-0.3, -0.25) is 0 Å². The number of ether oxygens (including phenoxy) is 1. The van der Waals surface area contributed by atoms with Crippen LogP contribution in [0.5, 0.6) is 0 Å². The van der Waals surface area contributed by atoms with Gasteiger partial charge >= 0.3 is 0 Å². The molecule has 0 aromatic heterocycles. The van der Waals surface area contributed by atoms with Crippen LogP contribution in [0.15, 0.2) is 0 Å². The first-order valence-corrected chi connectivity index (χ1v) is 6.10. The summed E-state index contributed by atoms with van der Waals surface area (Å²) in [6, 6.07) is 0.629. The maximum atomic E-state index is 5.57. The molecule has 15 heavy (non-hydrogen) atoms. The summed E-state index contributed by atoms with van der Waals surface area (Å²) in [6.45, 7) is 12.0. The molecule has 1 unspecified atom stereocenters. The molecule has 90 valence electrons. The van der Waals surface area contributed by atoms with Crippen molar-refractivity contribution >= 4 is 0 Å². The van der Waals surface area contributed by atoms with Gasteiger partial charge in [-0.2, -0.15) is 0 Å². The van der Waals surface area contributed by atoms with Crippen molar-refractivity contribution in [3.63, 3.8) is 0 Å². The van der Waals surface area contributed by atoms with Crippen molar-refractivity contribution in [2.45, 2.75) is 33.2 Å². The molecule has 3 nitrogen and oxygen atoms in total. The zero-order valence-electron chi connectivity index (χ0n) is 10.7. The summed E-state index contributed by atoms with van der Waals surface area (Å²) in [7, 11) is 2.03. The Bertz CT molecular complexity index is 176. The van der Waals surface area contributed by atoms with Gasteiger partial charge in [0, 0.05) is 31.2 Å². The Morgan fingerprint density at radius 2 is 2.20 bits per heavy atom. The van der Waals surface area contributed by atoms with Crippen LogP contribution < -0.4 is 5.32 Å². The molecule has 1 aliphatic heterocycles. The summed E-state index contributed by atoms with van der Waals surface area (Å²) in [5, 5.41) is 3.31. The maximum absolute atomic E-state index is 5.57. The Balaban J connectivity index is 2.56. The third kappa shape index (κ3) is 3.44. The van der Waals surface area contributed by atoms with Gasteiger partial charge in [-0.25, -0.2) is 0 Å². The summed E-state index contributed by atoms with van der Waals surface area (Å²) >= 11 is 0. The minimum absolute atomic E-state index is 0.342. The maximum Gasteiger partial charge on any atom is 0.0547 e. The normalized spacial score (nSPS) is 26.8. The lowest BCUT2D eigenvalue weighted by Crippen LogP contribution is -2.46. The molecule has 0 aromatic rings. The van der Waals surface area contributed by atoms with E-state index in [0.717, 1.165) is 32.8 Å². The van der Waals surface area contributed by atoms with Crippen LogP contribution in [0.25, 0.3) is 0 Å². The number of nitrogens with one attached hydrogen (secondary N) is 1. The van der Waals surface area contributed by atoms with E-state index in [9.17, 15) is 0 Å². The first-order valence-electron chi connectivity index (χ1n) is 6.10. The molecule has 1 saturated heterocycles. The van der Waals surface area contributed by atoms with Gasteiger partial charge in [-0.1, -0.05) is 6.92 Å². The van der Waals surface area contributed by atoms with Gasteiger partial charge < -0.3 is 15.0 Å². The van der Waals surface area contributed by atoms with Gasteiger partial charge in [0.1, 0.15) is 0 Å². The Morgan fingerprint density at radius 1 is 1.47 bits per heavy atom. The van der Waals surface area contributed by atoms with E-state index in [4.69, 9.17) is 4.74 Å². The van der Waals surface area contributed by atoms with Crippen molar-refractivity contribution in [2.75, 3.05) is 39.9 Å². The van der Waals surface area contributed by atoms with Gasteiger partial charge in [0.05, 0.1) is 6.61 Å². The molecular weight excluding hydrogens is 188 g/mol. The fourth-order valence-electron chi connectivity index (χ4n) is 2.43. The van der Waals surface area contributed by atoms with Gasteiger partial charge in [0.25, 0.3) is 0 Å². The monoisotopic (exact) mass is 214 g/mol. The van der Waals surface area contributed by atoms with Crippen molar-refractivity contribution in [1.82, 2.24) is 10.2 Å². The molecule has 0 aromatic carbocycles. The van der Waals surface area contributed by atoms with Gasteiger partial charge in [-0.05, 0) is 33.9 Å². The molecule has 1 atom stereocenters. The molecule has 1 N–H and O–H groups in total. The highest BCUT2D eigenvalue weighted by Gasteiger charge is 2.36. The lowest BCUT2D eigenvalue weighted by Gasteiger charge is -2.35. The number of rotatable bonds is 6. The lowest BCUT2D eigenvalue weighted by molar-refractivity contribution is 0.0975. The average Bonchev–Trinajstić information content (AvgIpc) is 2.63. The molecular formula is C12H26N2O. The molecule has 1 rings (SSSR count). The first-order chi connectivity index (χ1) is 7.13. The summed E-state index contributed by atoms with van der Waals surface area (Å²) in [6.07, 6.45) is 1.19. The second-order valence-corrected chi connectivity index (χ2v) is 4.99. The van der Waals surface area contributed by atoms with E-state index >= 15 is 0 Å². The topological polar surface area (TPSA) is 24.5 Å². The quantitative estimate of drug-likeness (QED) is 0.722. The van der Waals surface area contributed by atoms with Crippen molar-refractivity contribution in [1.29, 1.82) is 0 Å². The predicted molar refractivity (Wildman–Crippen MR) is 64.2 cm³/mol. The minimum Gasteiger partial charge on any atom is -0.381 e. The molecule has 0 amide bonds. The van der Waals surface area contributed by atoms with E-state index in [1.54, 1.807) is 0 Å². The lowest BCUT2D eigenvalue weighted by atomic mass is 9.86. The van der Waals surface area contributed by atoms with Crippen molar-refractivity contribution in [2.24, 2.45) is 5.41 Å². The fraction of sp³-hybridized carbons (Fsp3) is 1.00. The Hall–Kier alpha value is -0.120. The molecule has 0 radical (unpaired) electrons. The SMILES string of the molecule is CCN(CC1(CNC)CCOC1)C(C)C. The van der Waals surface area contributed by atoms with E-state index < -0.39 is 0 Å². The minimum atomic E-state index is 0.342. The van der Waals surface area contributed by atoms with Crippen LogP contribution in [0.2, 0.25) is 0 Å². The Labute approximate surface area is 94.2 Å². The molecule has 0 spiro atoms. The summed E-state index contributed by atoms with van der Waals surface area (Å²) in [4.78, 5) is 2.53. The van der Waals surface area contributed by atoms with Gasteiger partial charge in [0.15, 0.2) is 0 Å². The molecule has 1 fully saturated rings. The summed E-state index contributed by atoms with van der Waals surface area (Å²) in [5.41, 5.74) is 0.342. The number of hydrogen-bond acceptors (Lipinski definition) is 3. The third-order valence-corrected chi connectivity index (χ3v) is 3.41. The second kappa shape index (κ2) is 5.83. The zero-order valence-corrected chi connectivity index (χ0v) is 10.7. The van der Waals surface area contributed by atoms with Crippen LogP contribution in [-0.2, 0) is 4.74 Å². The van der Waals surface area contributed by atoms with E-state index in [0.29, 0.717) is 11.5 Å². The molecule has 0 aliphatic carbocycles. The standard InChI is InChI=1S/C12H26N2O/c1-5-14(11(2)3)9-12(8-13-4)6-7-15-10-12/h11,13H,5-10H2,1-4H3. The van der Waals surface area contributed by atoms with Crippen LogP contribution >= 0.6 is 0 Å². The number of nitrogens with zero attached hydrogens (tertiary/aromatic N) is 1. The Kier molecular flexibility index (Phi) is 5.03. The van der Waals surface area contributed by atoms with Crippen LogP contribution in [-0.4, -0.2) is 50.8 Å². The molecule has 1 aliphatic rings. The highest BCUT2D eigenvalue weighted by Crippen LogP contribution is 2.29. The Morgan fingerprint density at radius 3 is 2.60 bits per heavy atom. The van der Waals surface area contributed by atoms with Crippen LogP contribution in [0, 0.1) is 5.41 Å². The van der Waals surface area contributed by atoms with Crippen LogP contribution in [0.4, 0.5) is 0 Å². The van der Waals surface area contributed by atoms with E-state index in [1.165, 1.54) is 6.42 Å². The van der Waals surface area contributed by atoms with Gasteiger partial charge in [0.2, 0.25) is 0 Å². The number of hydrogen-bond donors (Lipinski definition) is 1. The van der Waals surface area contributed by atoms with E-state index in [2.05, 4.69) is 31.0 Å². The van der Waals surface area contributed by atoms with Crippen LogP contribution in [0.3, 0.4) is 0 Å². The molecule has 3 heteroatoms. The molecule has 0 saturated carbocycles. The van der Waals surface area contributed by atoms with E-state index in [1.807, 2.05) is 7.05 Å². The van der Waals surface area contributed by atoms with Crippen molar-refractivity contribution < 1.29 is 4.74 Å². The van der Waals surface area contributed by atoms with Crippen LogP contribution in [0.1, 0.15) is 27.2 Å². The van der Waals surface area contributed by atoms with Crippen molar-refractivity contribution in [3.8, 4) is 0 Å². The smallest absolute Gasteiger partial charge is 0.0547 e. The highest BCUT2D eigenvalue weighted by molar-refractivity contribution is 4.88.